The van der Waals surface area contributed by atoms with E-state index in [1.807, 2.05) is 17.0 Å². The third-order valence-electron chi connectivity index (χ3n) is 1.88. The Balaban J connectivity index is 2.32. The molecule has 0 saturated heterocycles. The van der Waals surface area contributed by atoms with Gasteiger partial charge in [-0.2, -0.15) is 5.10 Å². The van der Waals surface area contributed by atoms with Crippen LogP contribution in [0, 0.1) is 5.92 Å². The highest BCUT2D eigenvalue weighted by molar-refractivity contribution is 5.03. The maximum absolute atomic E-state index is 4.21. The first-order valence-corrected chi connectivity index (χ1v) is 5.05. The number of hydrogen-bond acceptors (Lipinski definition) is 2. The van der Waals surface area contributed by atoms with Crippen molar-refractivity contribution in [2.75, 3.05) is 6.54 Å². The maximum atomic E-state index is 4.21. The van der Waals surface area contributed by atoms with Crippen LogP contribution in [0.4, 0.5) is 0 Å². The van der Waals surface area contributed by atoms with Gasteiger partial charge in [0.15, 0.2) is 0 Å². The molecule has 0 spiro atoms. The summed E-state index contributed by atoms with van der Waals surface area (Å²) in [4.78, 5) is 0. The molecule has 3 nitrogen and oxygen atoms in total. The van der Waals surface area contributed by atoms with Gasteiger partial charge in [-0.05, 0) is 12.5 Å². The minimum atomic E-state index is 0.693. The molecule has 0 aliphatic carbocycles. The number of nitrogens with zero attached hydrogens (tertiary/aromatic N) is 2. The van der Waals surface area contributed by atoms with Crippen molar-refractivity contribution in [2.24, 2.45) is 5.92 Å². The second-order valence-electron chi connectivity index (χ2n) is 3.88. The first-order valence-electron chi connectivity index (χ1n) is 5.05. The van der Waals surface area contributed by atoms with Gasteiger partial charge in [0.2, 0.25) is 0 Å². The van der Waals surface area contributed by atoms with Gasteiger partial charge in [-0.25, -0.2) is 0 Å². The molecule has 78 valence electrons. The topological polar surface area (TPSA) is 29.9 Å². The minimum absolute atomic E-state index is 0.693. The van der Waals surface area contributed by atoms with Gasteiger partial charge in [-0.1, -0.05) is 19.9 Å². The van der Waals surface area contributed by atoms with Gasteiger partial charge in [-0.3, -0.25) is 4.68 Å². The van der Waals surface area contributed by atoms with E-state index in [1.165, 1.54) is 5.56 Å². The van der Waals surface area contributed by atoms with E-state index < -0.39 is 0 Å². The second kappa shape index (κ2) is 5.60. The summed E-state index contributed by atoms with van der Waals surface area (Å²) in [5, 5.41) is 7.59. The molecule has 0 saturated carbocycles. The lowest BCUT2D eigenvalue weighted by Gasteiger charge is -2.04. The number of nitrogens with one attached hydrogen (secondary N) is 1. The molecule has 0 bridgehead atoms. The van der Waals surface area contributed by atoms with E-state index in [-0.39, 0.29) is 0 Å². The number of allylic oxidation sites excluding steroid dienone is 1. The Morgan fingerprint density at radius 1 is 1.64 bits per heavy atom. The van der Waals surface area contributed by atoms with Crippen LogP contribution >= 0.6 is 0 Å². The zero-order chi connectivity index (χ0) is 10.4. The zero-order valence-electron chi connectivity index (χ0n) is 9.03. The average molecular weight is 193 g/mol. The molecule has 0 aliphatic heterocycles. The van der Waals surface area contributed by atoms with Crippen molar-refractivity contribution in [1.29, 1.82) is 0 Å². The van der Waals surface area contributed by atoms with Crippen molar-refractivity contribution in [3.05, 3.63) is 30.6 Å². The molecule has 0 amide bonds. The van der Waals surface area contributed by atoms with E-state index in [2.05, 4.69) is 37.0 Å². The van der Waals surface area contributed by atoms with E-state index in [1.54, 1.807) is 0 Å². The Morgan fingerprint density at radius 2 is 2.43 bits per heavy atom. The van der Waals surface area contributed by atoms with Gasteiger partial charge < -0.3 is 5.32 Å². The molecule has 0 aliphatic rings. The molecule has 0 fully saturated rings. The summed E-state index contributed by atoms with van der Waals surface area (Å²) in [6.07, 6.45) is 5.80. The predicted molar refractivity (Wildman–Crippen MR) is 59.0 cm³/mol. The van der Waals surface area contributed by atoms with Crippen molar-refractivity contribution < 1.29 is 0 Å². The van der Waals surface area contributed by atoms with Crippen LogP contribution in [0.1, 0.15) is 19.4 Å². The van der Waals surface area contributed by atoms with Crippen LogP contribution < -0.4 is 5.32 Å². The van der Waals surface area contributed by atoms with E-state index in [0.29, 0.717) is 5.92 Å². The summed E-state index contributed by atoms with van der Waals surface area (Å²) in [7, 11) is 0. The fraction of sp³-hybridized carbons (Fsp3) is 0.545. The summed E-state index contributed by atoms with van der Waals surface area (Å²) in [5.74, 6) is 0.693. The fourth-order valence-corrected chi connectivity index (χ4v) is 1.23. The van der Waals surface area contributed by atoms with Gasteiger partial charge in [0, 0.05) is 18.3 Å². The van der Waals surface area contributed by atoms with Gasteiger partial charge in [0.05, 0.1) is 12.7 Å². The molecule has 14 heavy (non-hydrogen) atoms. The Bertz CT molecular complexity index is 276. The van der Waals surface area contributed by atoms with E-state index in [0.717, 1.165) is 19.6 Å². The van der Waals surface area contributed by atoms with E-state index in [4.69, 9.17) is 0 Å². The Hall–Kier alpha value is -1.09. The molecular formula is C11H19N3. The largest absolute Gasteiger partial charge is 0.312 e. The highest BCUT2D eigenvalue weighted by Crippen LogP contribution is 1.98. The Morgan fingerprint density at radius 3 is 3.07 bits per heavy atom. The molecule has 0 unspecified atom stereocenters. The minimum Gasteiger partial charge on any atom is -0.312 e. The molecule has 1 N–H and O–H groups in total. The van der Waals surface area contributed by atoms with Crippen LogP contribution in [-0.4, -0.2) is 16.3 Å². The van der Waals surface area contributed by atoms with Crippen molar-refractivity contribution in [1.82, 2.24) is 15.1 Å². The van der Waals surface area contributed by atoms with E-state index >= 15 is 0 Å². The summed E-state index contributed by atoms with van der Waals surface area (Å²) in [6.45, 7) is 10.8. The number of aromatic nitrogens is 2. The van der Waals surface area contributed by atoms with Crippen LogP contribution in [-0.2, 0) is 13.1 Å². The van der Waals surface area contributed by atoms with Crippen molar-refractivity contribution >= 4 is 0 Å². The molecule has 1 rings (SSSR count). The lowest BCUT2D eigenvalue weighted by Crippen LogP contribution is -2.18. The van der Waals surface area contributed by atoms with Crippen molar-refractivity contribution in [3.8, 4) is 0 Å². The quantitative estimate of drug-likeness (QED) is 0.698. The molecule has 3 heteroatoms. The smallest absolute Gasteiger partial charge is 0.0587 e. The monoisotopic (exact) mass is 193 g/mol. The molecule has 0 radical (unpaired) electrons. The first kappa shape index (κ1) is 11.0. The summed E-state index contributed by atoms with van der Waals surface area (Å²) in [5.41, 5.74) is 1.23. The summed E-state index contributed by atoms with van der Waals surface area (Å²) in [6, 6.07) is 0. The Labute approximate surface area is 85.8 Å². The van der Waals surface area contributed by atoms with Gasteiger partial charge >= 0.3 is 0 Å². The highest BCUT2D eigenvalue weighted by Gasteiger charge is 1.97. The van der Waals surface area contributed by atoms with Crippen LogP contribution in [0.3, 0.4) is 0 Å². The molecule has 0 atom stereocenters. The second-order valence-corrected chi connectivity index (χ2v) is 3.88. The van der Waals surface area contributed by atoms with Gasteiger partial charge in [-0.15, -0.1) is 6.58 Å². The molecule has 1 aromatic heterocycles. The standard InChI is InChI=1S/C11H19N3/c1-4-5-14-9-11(8-13-14)7-12-6-10(2)3/h4,8-10,12H,1,5-7H2,2-3H3. The van der Waals surface area contributed by atoms with Gasteiger partial charge in [0.25, 0.3) is 0 Å². The van der Waals surface area contributed by atoms with Crippen LogP contribution in [0.15, 0.2) is 25.0 Å². The molecular weight excluding hydrogens is 174 g/mol. The molecule has 1 aromatic rings. The lowest BCUT2D eigenvalue weighted by atomic mass is 10.2. The lowest BCUT2D eigenvalue weighted by molar-refractivity contribution is 0.552. The fourth-order valence-electron chi connectivity index (χ4n) is 1.23. The van der Waals surface area contributed by atoms with E-state index in [9.17, 15) is 0 Å². The van der Waals surface area contributed by atoms with Crippen molar-refractivity contribution in [2.45, 2.75) is 26.9 Å². The van der Waals surface area contributed by atoms with Crippen LogP contribution in [0.25, 0.3) is 0 Å². The average Bonchev–Trinajstić information content (AvgIpc) is 2.53. The zero-order valence-corrected chi connectivity index (χ0v) is 9.03. The number of rotatable bonds is 6. The SMILES string of the molecule is C=CCn1cc(CNCC(C)C)cn1. The van der Waals surface area contributed by atoms with Gasteiger partial charge in [0.1, 0.15) is 0 Å². The molecule has 1 heterocycles. The number of hydrogen-bond donors (Lipinski definition) is 1. The summed E-state index contributed by atoms with van der Waals surface area (Å²) >= 11 is 0. The Kier molecular flexibility index (Phi) is 4.40. The summed E-state index contributed by atoms with van der Waals surface area (Å²) < 4.78 is 1.89. The predicted octanol–water partition coefficient (Wildman–Crippen LogP) is 1.81. The normalized spacial score (nSPS) is 10.8. The first-order chi connectivity index (χ1) is 6.72. The maximum Gasteiger partial charge on any atom is 0.0587 e. The molecule has 0 aromatic carbocycles. The third kappa shape index (κ3) is 3.75. The third-order valence-corrected chi connectivity index (χ3v) is 1.88. The highest BCUT2D eigenvalue weighted by atomic mass is 15.3. The van der Waals surface area contributed by atoms with Crippen LogP contribution in [0.5, 0.6) is 0 Å². The van der Waals surface area contributed by atoms with Crippen molar-refractivity contribution in [3.63, 3.8) is 0 Å². The van der Waals surface area contributed by atoms with Crippen LogP contribution in [0.2, 0.25) is 0 Å².